The summed E-state index contributed by atoms with van der Waals surface area (Å²) in [4.78, 5) is 15.3. The number of aromatic nitrogens is 1. The van der Waals surface area contributed by atoms with E-state index < -0.39 is 22.4 Å². The third-order valence-corrected chi connectivity index (χ3v) is 3.31. The highest BCUT2D eigenvalue weighted by molar-refractivity contribution is 7.73. The Morgan fingerprint density at radius 1 is 1.38 bits per heavy atom. The van der Waals surface area contributed by atoms with Crippen LogP contribution in [0.15, 0.2) is 24.3 Å². The Balaban J connectivity index is 2.18. The minimum Gasteiger partial charge on any atom is -0.301 e. The molecule has 0 bridgehead atoms. The van der Waals surface area contributed by atoms with E-state index in [0.29, 0.717) is 5.13 Å². The number of nitrogens with zero attached hydrogens (tertiary/aromatic N) is 1. The molecule has 84 valence electrons. The van der Waals surface area contributed by atoms with Crippen LogP contribution in [-0.2, 0) is 15.5 Å². The van der Waals surface area contributed by atoms with Crippen LogP contribution in [0.5, 0.6) is 0 Å². The maximum absolute atomic E-state index is 11.2. The number of thiol groups is 1. The molecule has 0 unspecified atom stereocenters. The number of carbonyl (C=O) groups is 1. The summed E-state index contributed by atoms with van der Waals surface area (Å²) in [6.07, 6.45) is 0. The second-order valence-electron chi connectivity index (χ2n) is 3.03. The molecule has 2 aromatic rings. The van der Waals surface area contributed by atoms with E-state index in [4.69, 9.17) is 0 Å². The molecule has 16 heavy (non-hydrogen) atoms. The van der Waals surface area contributed by atoms with Crippen molar-refractivity contribution < 1.29 is 13.2 Å². The van der Waals surface area contributed by atoms with Crippen molar-refractivity contribution in [2.45, 2.75) is 0 Å². The molecule has 0 atom stereocenters. The number of hydrogen-bond donors (Lipinski definition) is 2. The molecule has 0 saturated carbocycles. The molecule has 5 nitrogen and oxygen atoms in total. The van der Waals surface area contributed by atoms with Crippen LogP contribution in [-0.4, -0.2) is 25.1 Å². The van der Waals surface area contributed by atoms with E-state index in [1.54, 1.807) is 0 Å². The summed E-state index contributed by atoms with van der Waals surface area (Å²) in [5.41, 5.74) is 0.786. The Morgan fingerprint density at radius 2 is 2.12 bits per heavy atom. The summed E-state index contributed by atoms with van der Waals surface area (Å²) < 4.78 is 21.6. The van der Waals surface area contributed by atoms with Crippen molar-refractivity contribution in [3.63, 3.8) is 0 Å². The minimum atomic E-state index is -2.69. The number of nitrogens with one attached hydrogen (secondary N) is 1. The summed E-state index contributed by atoms with van der Waals surface area (Å²) in [7, 11) is -2.69. The first kappa shape index (κ1) is 11.0. The van der Waals surface area contributed by atoms with Crippen LogP contribution in [0.2, 0.25) is 0 Å². The van der Waals surface area contributed by atoms with Gasteiger partial charge < -0.3 is 5.32 Å². The topological polar surface area (TPSA) is 76.1 Å². The second-order valence-corrected chi connectivity index (χ2v) is 5.04. The van der Waals surface area contributed by atoms with Gasteiger partial charge in [0.15, 0.2) is 5.13 Å². The fraction of sp³-hybridized carbons (Fsp3) is 0.111. The van der Waals surface area contributed by atoms with E-state index in [0.717, 1.165) is 10.2 Å². The van der Waals surface area contributed by atoms with Crippen molar-refractivity contribution in [3.05, 3.63) is 24.3 Å². The van der Waals surface area contributed by atoms with Gasteiger partial charge in [0.1, 0.15) is 16.5 Å². The smallest absolute Gasteiger partial charge is 0.241 e. The summed E-state index contributed by atoms with van der Waals surface area (Å²) in [6, 6.07) is 7.44. The molecule has 0 radical (unpaired) electrons. The highest BCUT2D eigenvalue weighted by Crippen LogP contribution is 2.25. The Kier molecular flexibility index (Phi) is 3.16. The van der Waals surface area contributed by atoms with Crippen LogP contribution in [0.25, 0.3) is 10.2 Å². The molecule has 0 aliphatic rings. The monoisotopic (exact) mass is 256 g/mol. The number of para-hydroxylation sites is 1. The average molecular weight is 256 g/mol. The number of benzene rings is 1. The van der Waals surface area contributed by atoms with Gasteiger partial charge in [-0.05, 0) is 12.1 Å². The van der Waals surface area contributed by atoms with Crippen LogP contribution in [0.1, 0.15) is 0 Å². The number of anilines is 1. The Labute approximate surface area is 97.1 Å². The predicted molar refractivity (Wildman–Crippen MR) is 63.4 cm³/mol. The van der Waals surface area contributed by atoms with Gasteiger partial charge in [0.2, 0.25) is 5.91 Å². The molecule has 0 fully saturated rings. The lowest BCUT2D eigenvalue weighted by Crippen LogP contribution is -2.16. The zero-order chi connectivity index (χ0) is 11.5. The average Bonchev–Trinajstić information content (AvgIpc) is 2.57. The SMILES string of the molecule is O=C(C[SH](=O)=O)Nc1nc2ccccc2s1. The van der Waals surface area contributed by atoms with Crippen LogP contribution in [0, 0.1) is 0 Å². The van der Waals surface area contributed by atoms with Crippen LogP contribution < -0.4 is 5.32 Å². The van der Waals surface area contributed by atoms with Gasteiger partial charge in [-0.25, -0.2) is 13.4 Å². The first-order valence-electron chi connectivity index (χ1n) is 4.42. The highest BCUT2D eigenvalue weighted by atomic mass is 32.2. The first-order valence-corrected chi connectivity index (χ1v) is 6.60. The molecule has 1 aromatic carbocycles. The van der Waals surface area contributed by atoms with Crippen molar-refractivity contribution in [1.82, 2.24) is 4.98 Å². The first-order chi connectivity index (χ1) is 7.65. The molecule has 1 heterocycles. The van der Waals surface area contributed by atoms with Gasteiger partial charge in [-0.15, -0.1) is 0 Å². The van der Waals surface area contributed by atoms with E-state index in [1.807, 2.05) is 24.3 Å². The van der Waals surface area contributed by atoms with E-state index >= 15 is 0 Å². The maximum Gasteiger partial charge on any atom is 0.241 e. The fourth-order valence-corrected chi connectivity index (χ4v) is 2.40. The van der Waals surface area contributed by atoms with Crippen molar-refractivity contribution >= 4 is 43.3 Å². The van der Waals surface area contributed by atoms with Crippen LogP contribution >= 0.6 is 11.3 Å². The molecule has 1 aromatic heterocycles. The van der Waals surface area contributed by atoms with Crippen molar-refractivity contribution in [2.75, 3.05) is 11.1 Å². The lowest BCUT2D eigenvalue weighted by Gasteiger charge is -1.95. The highest BCUT2D eigenvalue weighted by Gasteiger charge is 2.07. The second kappa shape index (κ2) is 4.58. The Bertz CT molecular complexity index is 563. The molecule has 0 saturated heterocycles. The quantitative estimate of drug-likeness (QED) is 0.798. The lowest BCUT2D eigenvalue weighted by molar-refractivity contribution is -0.113. The number of thiazole rings is 1. The molecular formula is C9H8N2O3S2. The standard InChI is InChI=1S/C9H8N2O3S2/c12-8(5-16(13)14)11-9-10-6-3-1-2-4-7(6)15-9/h1-4,16H,5H2,(H,10,11,12). The number of amides is 1. The van der Waals surface area contributed by atoms with Crippen LogP contribution in [0.4, 0.5) is 5.13 Å². The van der Waals surface area contributed by atoms with E-state index in [-0.39, 0.29) is 0 Å². The number of carbonyl (C=O) groups excluding carboxylic acids is 1. The Hall–Kier alpha value is -1.47. The molecule has 1 N–H and O–H groups in total. The third kappa shape index (κ3) is 2.56. The summed E-state index contributed by atoms with van der Waals surface area (Å²) in [5.74, 6) is -1.07. The molecule has 0 spiro atoms. The molecule has 0 aliphatic carbocycles. The van der Waals surface area contributed by atoms with Gasteiger partial charge >= 0.3 is 0 Å². The van der Waals surface area contributed by atoms with Gasteiger partial charge in [-0.1, -0.05) is 23.5 Å². The van der Waals surface area contributed by atoms with E-state index in [9.17, 15) is 13.2 Å². The Morgan fingerprint density at radius 3 is 2.81 bits per heavy atom. The summed E-state index contributed by atoms with van der Waals surface area (Å²) >= 11 is 1.31. The van der Waals surface area contributed by atoms with E-state index in [1.165, 1.54) is 11.3 Å². The lowest BCUT2D eigenvalue weighted by atomic mass is 10.3. The molecule has 0 aliphatic heterocycles. The van der Waals surface area contributed by atoms with Gasteiger partial charge in [0.05, 0.1) is 10.2 Å². The third-order valence-electron chi connectivity index (χ3n) is 1.81. The number of hydrogen-bond acceptors (Lipinski definition) is 5. The predicted octanol–water partition coefficient (Wildman–Crippen LogP) is 0.846. The van der Waals surface area contributed by atoms with Crippen molar-refractivity contribution in [2.24, 2.45) is 0 Å². The minimum absolute atomic E-state index is 0.419. The zero-order valence-electron chi connectivity index (χ0n) is 8.04. The summed E-state index contributed by atoms with van der Waals surface area (Å²) in [6.45, 7) is 0. The molecule has 2 rings (SSSR count). The number of rotatable bonds is 3. The fourth-order valence-electron chi connectivity index (χ4n) is 1.20. The molecule has 7 heteroatoms. The van der Waals surface area contributed by atoms with Gasteiger partial charge in [-0.3, -0.25) is 4.79 Å². The summed E-state index contributed by atoms with van der Waals surface area (Å²) in [5, 5.41) is 2.87. The molecular weight excluding hydrogens is 248 g/mol. The van der Waals surface area contributed by atoms with Gasteiger partial charge in [-0.2, -0.15) is 0 Å². The normalized spacial score (nSPS) is 10.8. The van der Waals surface area contributed by atoms with Crippen LogP contribution in [0.3, 0.4) is 0 Å². The molecule has 1 amide bonds. The van der Waals surface area contributed by atoms with Crippen molar-refractivity contribution in [3.8, 4) is 0 Å². The zero-order valence-corrected chi connectivity index (χ0v) is 9.75. The van der Waals surface area contributed by atoms with Gasteiger partial charge in [0.25, 0.3) is 0 Å². The van der Waals surface area contributed by atoms with E-state index in [2.05, 4.69) is 10.3 Å². The number of fused-ring (bicyclic) bond motifs is 1. The maximum atomic E-state index is 11.2. The van der Waals surface area contributed by atoms with Gasteiger partial charge in [0, 0.05) is 0 Å². The largest absolute Gasteiger partial charge is 0.301 e. The van der Waals surface area contributed by atoms with Crippen molar-refractivity contribution in [1.29, 1.82) is 0 Å².